The number of methoxy groups -OCH3 is 1. The number of hydrogen-bond acceptors (Lipinski definition) is 5. The molecule has 0 unspecified atom stereocenters. The third kappa shape index (κ3) is 5.10. The van der Waals surface area contributed by atoms with Crippen LogP contribution in [0.5, 0.6) is 6.01 Å². The van der Waals surface area contributed by atoms with Crippen molar-refractivity contribution in [3.63, 3.8) is 0 Å². The van der Waals surface area contributed by atoms with E-state index in [9.17, 15) is 4.79 Å². The molecule has 178 valence electrons. The molecule has 0 radical (unpaired) electrons. The number of carbonyl (C=O) groups is 1. The number of amides is 1. The first-order valence-corrected chi connectivity index (χ1v) is 11.7. The summed E-state index contributed by atoms with van der Waals surface area (Å²) in [6, 6.07) is 26.2. The Morgan fingerprint density at radius 2 is 1.74 bits per heavy atom. The van der Waals surface area contributed by atoms with Gasteiger partial charge in [-0.3, -0.25) is 4.79 Å². The molecule has 3 aromatic carbocycles. The molecule has 0 saturated heterocycles. The maximum atomic E-state index is 12.8. The van der Waals surface area contributed by atoms with Crippen LogP contribution in [-0.2, 0) is 9.53 Å². The number of benzene rings is 3. The molecule has 1 N–H and O–H groups in total. The van der Waals surface area contributed by atoms with Gasteiger partial charge in [-0.1, -0.05) is 54.6 Å². The minimum absolute atomic E-state index is 0.0202. The highest BCUT2D eigenvalue weighted by Gasteiger charge is 2.43. The van der Waals surface area contributed by atoms with Crippen LogP contribution in [-0.4, -0.2) is 41.0 Å². The van der Waals surface area contributed by atoms with Crippen molar-refractivity contribution in [2.45, 2.75) is 19.3 Å². The topological polar surface area (TPSA) is 78.3 Å². The highest BCUT2D eigenvalue weighted by atomic mass is 16.5. The van der Waals surface area contributed by atoms with Crippen LogP contribution in [0.1, 0.15) is 23.5 Å². The summed E-state index contributed by atoms with van der Waals surface area (Å²) >= 11 is 0. The van der Waals surface area contributed by atoms with E-state index < -0.39 is 0 Å². The molecule has 1 fully saturated rings. The minimum atomic E-state index is 0.0202. The molecule has 1 aliphatic carbocycles. The van der Waals surface area contributed by atoms with Crippen molar-refractivity contribution in [1.29, 1.82) is 0 Å². The SMILES string of the molecule is COCCOc1nc(-c2ccccc2C)n(-c2ccc(NC(=O)[C@H]3C[C@H]3c3ccccc3)cc2)n1. The van der Waals surface area contributed by atoms with Crippen molar-refractivity contribution < 1.29 is 14.3 Å². The predicted molar refractivity (Wildman–Crippen MR) is 135 cm³/mol. The first-order valence-electron chi connectivity index (χ1n) is 11.7. The molecule has 1 heterocycles. The third-order valence-corrected chi connectivity index (χ3v) is 6.23. The zero-order valence-electron chi connectivity index (χ0n) is 19.8. The molecule has 1 aliphatic rings. The summed E-state index contributed by atoms with van der Waals surface area (Å²) in [7, 11) is 1.62. The zero-order valence-corrected chi connectivity index (χ0v) is 19.8. The molecule has 0 bridgehead atoms. The van der Waals surface area contributed by atoms with Crippen LogP contribution in [0.3, 0.4) is 0 Å². The first-order chi connectivity index (χ1) is 17.1. The lowest BCUT2D eigenvalue weighted by Crippen LogP contribution is -2.14. The number of ether oxygens (including phenoxy) is 2. The number of nitrogens with one attached hydrogen (secondary N) is 1. The Bertz CT molecular complexity index is 1300. The van der Waals surface area contributed by atoms with E-state index in [-0.39, 0.29) is 11.8 Å². The van der Waals surface area contributed by atoms with Crippen molar-refractivity contribution >= 4 is 11.6 Å². The van der Waals surface area contributed by atoms with Gasteiger partial charge in [-0.25, -0.2) is 4.68 Å². The van der Waals surface area contributed by atoms with E-state index in [0.717, 1.165) is 28.9 Å². The second-order valence-electron chi connectivity index (χ2n) is 8.68. The number of carbonyl (C=O) groups excluding carboxylic acids is 1. The number of nitrogens with zero attached hydrogens (tertiary/aromatic N) is 3. The lowest BCUT2D eigenvalue weighted by atomic mass is 10.1. The number of aryl methyl sites for hydroxylation is 1. The molecule has 0 aliphatic heterocycles. The van der Waals surface area contributed by atoms with Gasteiger partial charge in [0.05, 0.1) is 12.3 Å². The lowest BCUT2D eigenvalue weighted by molar-refractivity contribution is -0.117. The van der Waals surface area contributed by atoms with Gasteiger partial charge in [0.2, 0.25) is 5.91 Å². The van der Waals surface area contributed by atoms with Crippen LogP contribution in [0.4, 0.5) is 5.69 Å². The summed E-state index contributed by atoms with van der Waals surface area (Å²) in [6.07, 6.45) is 0.887. The van der Waals surface area contributed by atoms with E-state index >= 15 is 0 Å². The Hall–Kier alpha value is -3.97. The van der Waals surface area contributed by atoms with Gasteiger partial charge in [0, 0.05) is 24.3 Å². The fourth-order valence-electron chi connectivity index (χ4n) is 4.22. The van der Waals surface area contributed by atoms with Gasteiger partial charge in [-0.2, -0.15) is 4.98 Å². The van der Waals surface area contributed by atoms with Crippen molar-refractivity contribution in [2.75, 3.05) is 25.6 Å². The second kappa shape index (κ2) is 10.1. The van der Waals surface area contributed by atoms with E-state index in [1.807, 2.05) is 73.7 Å². The molecule has 1 amide bonds. The Balaban J connectivity index is 1.34. The van der Waals surface area contributed by atoms with Gasteiger partial charge in [-0.15, -0.1) is 5.10 Å². The highest BCUT2D eigenvalue weighted by Crippen LogP contribution is 2.47. The Morgan fingerprint density at radius 3 is 2.49 bits per heavy atom. The quantitative estimate of drug-likeness (QED) is 0.350. The Morgan fingerprint density at radius 1 is 1.00 bits per heavy atom. The van der Waals surface area contributed by atoms with Crippen LogP contribution >= 0.6 is 0 Å². The Kier molecular flexibility index (Phi) is 6.59. The third-order valence-electron chi connectivity index (χ3n) is 6.23. The molecule has 4 aromatic rings. The van der Waals surface area contributed by atoms with Crippen LogP contribution in [0.15, 0.2) is 78.9 Å². The predicted octanol–water partition coefficient (Wildman–Crippen LogP) is 5.01. The largest absolute Gasteiger partial charge is 0.460 e. The van der Waals surface area contributed by atoms with E-state index in [4.69, 9.17) is 9.47 Å². The molecule has 35 heavy (non-hydrogen) atoms. The maximum Gasteiger partial charge on any atom is 0.336 e. The molecular formula is C28H28N4O3. The normalized spacial score (nSPS) is 16.6. The fourth-order valence-corrected chi connectivity index (χ4v) is 4.22. The molecule has 2 atom stereocenters. The van der Waals surface area contributed by atoms with Crippen LogP contribution in [0, 0.1) is 12.8 Å². The van der Waals surface area contributed by atoms with Crippen molar-refractivity contribution in [3.8, 4) is 23.1 Å². The average Bonchev–Trinajstić information content (AvgIpc) is 3.59. The molecule has 1 saturated carbocycles. The monoisotopic (exact) mass is 468 g/mol. The molecule has 7 heteroatoms. The van der Waals surface area contributed by atoms with Gasteiger partial charge in [0.25, 0.3) is 0 Å². The highest BCUT2D eigenvalue weighted by molar-refractivity contribution is 5.95. The summed E-state index contributed by atoms with van der Waals surface area (Å²) in [4.78, 5) is 17.4. The summed E-state index contributed by atoms with van der Waals surface area (Å²) in [5, 5.41) is 7.64. The van der Waals surface area contributed by atoms with Crippen LogP contribution in [0.25, 0.3) is 17.1 Å². The number of hydrogen-bond donors (Lipinski definition) is 1. The van der Waals surface area contributed by atoms with Gasteiger partial charge >= 0.3 is 6.01 Å². The maximum absolute atomic E-state index is 12.8. The number of anilines is 1. The van der Waals surface area contributed by atoms with E-state index in [1.54, 1.807) is 11.8 Å². The van der Waals surface area contributed by atoms with E-state index in [0.29, 0.717) is 31.0 Å². The molecule has 0 spiro atoms. The first kappa shape index (κ1) is 22.8. The standard InChI is InChI=1S/C28H28N4O3/c1-19-8-6-7-11-23(19)26-30-28(35-17-16-34-2)31-32(26)22-14-12-21(13-15-22)29-27(33)25-18-24(25)20-9-4-3-5-10-20/h3-15,24-25H,16-18H2,1-2H3,(H,29,33)/t24-,25-/m0/s1. The smallest absolute Gasteiger partial charge is 0.336 e. The van der Waals surface area contributed by atoms with Crippen LogP contribution < -0.4 is 10.1 Å². The van der Waals surface area contributed by atoms with Gasteiger partial charge in [0.1, 0.15) is 6.61 Å². The summed E-state index contributed by atoms with van der Waals surface area (Å²) in [5.74, 6) is 1.07. The average molecular weight is 469 g/mol. The summed E-state index contributed by atoms with van der Waals surface area (Å²) in [6.45, 7) is 2.86. The van der Waals surface area contributed by atoms with Gasteiger partial charge < -0.3 is 14.8 Å². The van der Waals surface area contributed by atoms with Crippen molar-refractivity contribution in [2.24, 2.45) is 5.92 Å². The fraction of sp³-hybridized carbons (Fsp3) is 0.250. The summed E-state index contributed by atoms with van der Waals surface area (Å²) < 4.78 is 12.5. The zero-order chi connectivity index (χ0) is 24.2. The van der Waals surface area contributed by atoms with Crippen LogP contribution in [0.2, 0.25) is 0 Å². The Labute approximate surface area is 204 Å². The lowest BCUT2D eigenvalue weighted by Gasteiger charge is -2.09. The summed E-state index contributed by atoms with van der Waals surface area (Å²) in [5.41, 5.74) is 4.86. The van der Waals surface area contributed by atoms with Crippen molar-refractivity contribution in [3.05, 3.63) is 90.0 Å². The van der Waals surface area contributed by atoms with Gasteiger partial charge in [-0.05, 0) is 54.7 Å². The van der Waals surface area contributed by atoms with Gasteiger partial charge in [0.15, 0.2) is 5.82 Å². The minimum Gasteiger partial charge on any atom is -0.460 e. The second-order valence-corrected chi connectivity index (χ2v) is 8.68. The molecule has 1 aromatic heterocycles. The van der Waals surface area contributed by atoms with E-state index in [1.165, 1.54) is 5.56 Å². The van der Waals surface area contributed by atoms with Crippen molar-refractivity contribution in [1.82, 2.24) is 14.8 Å². The van der Waals surface area contributed by atoms with E-state index in [2.05, 4.69) is 27.5 Å². The molecule has 5 rings (SSSR count). The number of aromatic nitrogens is 3. The molecular weight excluding hydrogens is 440 g/mol. The molecule has 7 nitrogen and oxygen atoms in total. The number of rotatable bonds is 9.